The molecule has 2 heteroatoms. The molecule has 1 heterocycles. The highest BCUT2D eigenvalue weighted by Gasteiger charge is 2.27. The molecule has 1 aromatic rings. The van der Waals surface area contributed by atoms with Gasteiger partial charge in [-0.2, -0.15) is 0 Å². The molecular formula is C18H25NO. The third-order valence-electron chi connectivity index (χ3n) is 3.81. The normalized spacial score (nSPS) is 18.8. The van der Waals surface area contributed by atoms with Crippen LogP contribution in [0, 0.1) is 11.8 Å². The Hall–Kier alpha value is -1.30. The van der Waals surface area contributed by atoms with E-state index in [9.17, 15) is 0 Å². The van der Waals surface area contributed by atoms with Gasteiger partial charge in [0, 0.05) is 12.5 Å². The second-order valence-corrected chi connectivity index (χ2v) is 5.27. The van der Waals surface area contributed by atoms with Crippen molar-refractivity contribution in [2.24, 2.45) is 0 Å². The number of hydrogen-bond donors (Lipinski definition) is 1. The number of hydrogen-bond acceptors (Lipinski definition) is 2. The van der Waals surface area contributed by atoms with Crippen LogP contribution < -0.4 is 5.32 Å². The maximum Gasteiger partial charge on any atom is 0.0980 e. The number of benzene rings is 1. The minimum Gasteiger partial charge on any atom is -0.372 e. The summed E-state index contributed by atoms with van der Waals surface area (Å²) in [6, 6.07) is 9.04. The summed E-state index contributed by atoms with van der Waals surface area (Å²) in [5.41, 5.74) is 2.80. The molecule has 1 aliphatic rings. The van der Waals surface area contributed by atoms with Crippen molar-refractivity contribution in [3.05, 3.63) is 35.4 Å². The first-order valence-electron chi connectivity index (χ1n) is 7.69. The lowest BCUT2D eigenvalue weighted by Crippen LogP contribution is -2.38. The van der Waals surface area contributed by atoms with Gasteiger partial charge < -0.3 is 10.1 Å². The van der Waals surface area contributed by atoms with Gasteiger partial charge in [0.25, 0.3) is 0 Å². The fourth-order valence-electron chi connectivity index (χ4n) is 2.80. The highest BCUT2D eigenvalue weighted by molar-refractivity contribution is 5.32. The molecule has 20 heavy (non-hydrogen) atoms. The van der Waals surface area contributed by atoms with E-state index in [0.29, 0.717) is 6.04 Å². The topological polar surface area (TPSA) is 21.3 Å². The molecule has 2 unspecified atom stereocenters. The Morgan fingerprint density at radius 2 is 2.25 bits per heavy atom. The molecule has 0 aliphatic carbocycles. The van der Waals surface area contributed by atoms with Crippen LogP contribution in [0.2, 0.25) is 0 Å². The Kier molecular flexibility index (Phi) is 6.11. The molecule has 0 aromatic heterocycles. The standard InChI is InChI=1S/C18H25NO/c1-3-5-6-11-17(19-13-4-2)18-16-10-8-7-9-15(16)12-14-20-18/h7-10,17-19H,4,6,11-14H2,1-2H3. The Labute approximate surface area is 122 Å². The largest absolute Gasteiger partial charge is 0.372 e. The van der Waals surface area contributed by atoms with Gasteiger partial charge in [-0.05, 0) is 43.9 Å². The van der Waals surface area contributed by atoms with Gasteiger partial charge in [0.1, 0.15) is 0 Å². The fraction of sp³-hybridized carbons (Fsp3) is 0.556. The van der Waals surface area contributed by atoms with Crippen LogP contribution in [-0.4, -0.2) is 19.2 Å². The molecule has 0 saturated heterocycles. The van der Waals surface area contributed by atoms with Gasteiger partial charge in [0.2, 0.25) is 0 Å². The van der Waals surface area contributed by atoms with Crippen molar-refractivity contribution in [1.29, 1.82) is 0 Å². The molecule has 2 rings (SSSR count). The summed E-state index contributed by atoms with van der Waals surface area (Å²) in [6.07, 6.45) is 4.32. The first kappa shape index (κ1) is 15.1. The quantitative estimate of drug-likeness (QED) is 0.800. The lowest BCUT2D eigenvalue weighted by atomic mass is 9.91. The third kappa shape index (κ3) is 3.85. The fourth-order valence-corrected chi connectivity index (χ4v) is 2.80. The lowest BCUT2D eigenvalue weighted by Gasteiger charge is -2.33. The van der Waals surface area contributed by atoms with Crippen molar-refractivity contribution in [1.82, 2.24) is 5.32 Å². The van der Waals surface area contributed by atoms with E-state index in [1.54, 1.807) is 0 Å². The Balaban J connectivity index is 2.12. The maximum atomic E-state index is 6.08. The van der Waals surface area contributed by atoms with E-state index in [4.69, 9.17) is 4.74 Å². The summed E-state index contributed by atoms with van der Waals surface area (Å²) in [5.74, 6) is 6.16. The van der Waals surface area contributed by atoms with Crippen molar-refractivity contribution >= 4 is 0 Å². The van der Waals surface area contributed by atoms with Gasteiger partial charge in [-0.3, -0.25) is 0 Å². The van der Waals surface area contributed by atoms with Gasteiger partial charge in [0.15, 0.2) is 0 Å². The van der Waals surface area contributed by atoms with Crippen LogP contribution in [0.25, 0.3) is 0 Å². The van der Waals surface area contributed by atoms with Crippen molar-refractivity contribution in [2.45, 2.75) is 51.7 Å². The second kappa shape index (κ2) is 8.09. The Bertz CT molecular complexity index is 472. The van der Waals surface area contributed by atoms with Crippen molar-refractivity contribution in [3.63, 3.8) is 0 Å². The van der Waals surface area contributed by atoms with E-state index >= 15 is 0 Å². The van der Waals surface area contributed by atoms with Crippen LogP contribution in [0.1, 0.15) is 50.3 Å². The van der Waals surface area contributed by atoms with Gasteiger partial charge in [-0.25, -0.2) is 0 Å². The molecular weight excluding hydrogens is 246 g/mol. The van der Waals surface area contributed by atoms with E-state index in [0.717, 1.165) is 38.8 Å². The molecule has 0 spiro atoms. The molecule has 0 saturated carbocycles. The molecule has 2 atom stereocenters. The summed E-state index contributed by atoms with van der Waals surface area (Å²) in [6.45, 7) is 5.96. The molecule has 0 radical (unpaired) electrons. The minimum absolute atomic E-state index is 0.171. The highest BCUT2D eigenvalue weighted by Crippen LogP contribution is 2.31. The first-order chi connectivity index (χ1) is 9.86. The van der Waals surface area contributed by atoms with Gasteiger partial charge >= 0.3 is 0 Å². The number of rotatable bonds is 6. The SMILES string of the molecule is CC#CCCC(NCCC)C1OCCc2ccccc21. The third-order valence-corrected chi connectivity index (χ3v) is 3.81. The van der Waals surface area contributed by atoms with E-state index in [2.05, 4.69) is 48.3 Å². The zero-order valence-electron chi connectivity index (χ0n) is 12.6. The average Bonchev–Trinajstić information content (AvgIpc) is 2.50. The van der Waals surface area contributed by atoms with Crippen LogP contribution in [-0.2, 0) is 11.2 Å². The average molecular weight is 271 g/mol. The molecule has 2 nitrogen and oxygen atoms in total. The number of fused-ring (bicyclic) bond motifs is 1. The summed E-state index contributed by atoms with van der Waals surface area (Å²) >= 11 is 0. The van der Waals surface area contributed by atoms with Crippen LogP contribution in [0.5, 0.6) is 0 Å². The Morgan fingerprint density at radius 1 is 1.40 bits per heavy atom. The van der Waals surface area contributed by atoms with Gasteiger partial charge in [-0.1, -0.05) is 31.2 Å². The molecule has 1 N–H and O–H groups in total. The van der Waals surface area contributed by atoms with Crippen molar-refractivity contribution < 1.29 is 4.74 Å². The molecule has 0 amide bonds. The molecule has 0 bridgehead atoms. The number of nitrogens with one attached hydrogen (secondary N) is 1. The molecule has 1 aliphatic heterocycles. The number of ether oxygens (including phenoxy) is 1. The van der Waals surface area contributed by atoms with Gasteiger partial charge in [0.05, 0.1) is 12.7 Å². The van der Waals surface area contributed by atoms with Crippen LogP contribution in [0.15, 0.2) is 24.3 Å². The molecule has 1 aromatic carbocycles. The van der Waals surface area contributed by atoms with Crippen molar-refractivity contribution in [2.75, 3.05) is 13.2 Å². The predicted molar refractivity (Wildman–Crippen MR) is 83.6 cm³/mol. The first-order valence-corrected chi connectivity index (χ1v) is 7.69. The van der Waals surface area contributed by atoms with Crippen LogP contribution in [0.4, 0.5) is 0 Å². The predicted octanol–water partition coefficient (Wildman–Crippen LogP) is 3.47. The zero-order valence-corrected chi connectivity index (χ0v) is 12.6. The lowest BCUT2D eigenvalue weighted by molar-refractivity contribution is 0.0137. The van der Waals surface area contributed by atoms with E-state index in [1.165, 1.54) is 11.1 Å². The summed E-state index contributed by atoms with van der Waals surface area (Å²) in [5, 5.41) is 3.65. The van der Waals surface area contributed by atoms with E-state index in [1.807, 2.05) is 6.92 Å². The zero-order chi connectivity index (χ0) is 14.2. The molecule has 108 valence electrons. The van der Waals surface area contributed by atoms with Crippen LogP contribution >= 0.6 is 0 Å². The van der Waals surface area contributed by atoms with E-state index < -0.39 is 0 Å². The van der Waals surface area contributed by atoms with Crippen molar-refractivity contribution in [3.8, 4) is 11.8 Å². The second-order valence-electron chi connectivity index (χ2n) is 5.27. The smallest absolute Gasteiger partial charge is 0.0980 e. The maximum absolute atomic E-state index is 6.08. The van der Waals surface area contributed by atoms with Gasteiger partial charge in [-0.15, -0.1) is 11.8 Å². The summed E-state index contributed by atoms with van der Waals surface area (Å²) in [4.78, 5) is 0. The monoisotopic (exact) mass is 271 g/mol. The molecule has 0 fully saturated rings. The Morgan fingerprint density at radius 3 is 3.05 bits per heavy atom. The summed E-state index contributed by atoms with van der Waals surface area (Å²) < 4.78 is 6.08. The van der Waals surface area contributed by atoms with Crippen LogP contribution in [0.3, 0.4) is 0 Å². The minimum atomic E-state index is 0.171. The summed E-state index contributed by atoms with van der Waals surface area (Å²) in [7, 11) is 0. The van der Waals surface area contributed by atoms with E-state index in [-0.39, 0.29) is 6.10 Å². The highest BCUT2D eigenvalue weighted by atomic mass is 16.5.